The summed E-state index contributed by atoms with van der Waals surface area (Å²) < 4.78 is 0. The minimum absolute atomic E-state index is 0.280. The summed E-state index contributed by atoms with van der Waals surface area (Å²) in [4.78, 5) is 5.78. The van der Waals surface area contributed by atoms with Crippen molar-refractivity contribution in [1.82, 2.24) is 4.98 Å². The second-order valence-electron chi connectivity index (χ2n) is 4.99. The van der Waals surface area contributed by atoms with E-state index in [2.05, 4.69) is 36.2 Å². The molecule has 1 aromatic carbocycles. The van der Waals surface area contributed by atoms with Gasteiger partial charge in [-0.15, -0.1) is 11.3 Å². The van der Waals surface area contributed by atoms with Gasteiger partial charge in [-0.25, -0.2) is 4.98 Å². The quantitative estimate of drug-likeness (QED) is 0.896. The molecule has 0 radical (unpaired) electrons. The number of aliphatic hydroxyl groups is 1. The van der Waals surface area contributed by atoms with Crippen LogP contribution in [-0.2, 0) is 12.8 Å². The summed E-state index contributed by atoms with van der Waals surface area (Å²) >= 11 is 1.68. The normalized spacial score (nSPS) is 18.7. The Morgan fingerprint density at radius 2 is 2.11 bits per heavy atom. The number of benzene rings is 1. The van der Waals surface area contributed by atoms with Crippen molar-refractivity contribution in [3.8, 4) is 0 Å². The minimum Gasteiger partial charge on any atom is -0.388 e. The van der Waals surface area contributed by atoms with Gasteiger partial charge in [-0.3, -0.25) is 0 Å². The standard InChI is InChI=1S/C15H17NOS/c1-10-5-7-11(8-6-10)9-14-16-12-3-2-4-13(17)15(12)18-14/h5-8,13,17H,2-4,9H2,1H3. The van der Waals surface area contributed by atoms with E-state index < -0.39 is 0 Å². The summed E-state index contributed by atoms with van der Waals surface area (Å²) in [6.45, 7) is 2.10. The summed E-state index contributed by atoms with van der Waals surface area (Å²) in [5, 5.41) is 11.1. The van der Waals surface area contributed by atoms with Gasteiger partial charge in [0.2, 0.25) is 0 Å². The van der Waals surface area contributed by atoms with Crippen LogP contribution in [0.4, 0.5) is 0 Å². The second-order valence-corrected chi connectivity index (χ2v) is 6.10. The van der Waals surface area contributed by atoms with Crippen LogP contribution in [0.5, 0.6) is 0 Å². The molecule has 1 N–H and O–H groups in total. The van der Waals surface area contributed by atoms with Gasteiger partial charge in [-0.05, 0) is 31.7 Å². The Labute approximate surface area is 111 Å². The Hall–Kier alpha value is -1.19. The zero-order valence-electron chi connectivity index (χ0n) is 10.5. The molecule has 1 heterocycles. The maximum absolute atomic E-state index is 9.95. The molecule has 1 aliphatic carbocycles. The molecule has 1 unspecified atom stereocenters. The van der Waals surface area contributed by atoms with Crippen molar-refractivity contribution in [3.05, 3.63) is 51.0 Å². The number of hydrogen-bond acceptors (Lipinski definition) is 3. The minimum atomic E-state index is -0.280. The first kappa shape index (κ1) is 11.9. The zero-order valence-corrected chi connectivity index (χ0v) is 11.3. The molecule has 0 fully saturated rings. The highest BCUT2D eigenvalue weighted by Crippen LogP contribution is 2.34. The first-order valence-corrected chi connectivity index (χ1v) is 7.26. The van der Waals surface area contributed by atoms with E-state index in [1.807, 2.05) is 0 Å². The fourth-order valence-electron chi connectivity index (χ4n) is 2.40. The highest BCUT2D eigenvalue weighted by Gasteiger charge is 2.22. The van der Waals surface area contributed by atoms with E-state index in [1.165, 1.54) is 11.1 Å². The van der Waals surface area contributed by atoms with E-state index in [9.17, 15) is 5.11 Å². The molecular weight excluding hydrogens is 242 g/mol. The average Bonchev–Trinajstić information content (AvgIpc) is 2.76. The van der Waals surface area contributed by atoms with Crippen molar-refractivity contribution in [2.45, 2.75) is 38.7 Å². The number of aryl methyl sites for hydroxylation is 2. The molecule has 0 spiro atoms. The van der Waals surface area contributed by atoms with Gasteiger partial charge >= 0.3 is 0 Å². The first-order chi connectivity index (χ1) is 8.72. The van der Waals surface area contributed by atoms with Crippen LogP contribution in [-0.4, -0.2) is 10.1 Å². The Morgan fingerprint density at radius 1 is 1.33 bits per heavy atom. The summed E-state index contributed by atoms with van der Waals surface area (Å²) in [5.41, 5.74) is 3.70. The number of fused-ring (bicyclic) bond motifs is 1. The molecule has 94 valence electrons. The first-order valence-electron chi connectivity index (χ1n) is 6.44. The largest absolute Gasteiger partial charge is 0.388 e. The lowest BCUT2D eigenvalue weighted by Gasteiger charge is -2.14. The molecule has 0 aliphatic heterocycles. The highest BCUT2D eigenvalue weighted by molar-refractivity contribution is 7.11. The molecule has 3 heteroatoms. The Morgan fingerprint density at radius 3 is 2.83 bits per heavy atom. The van der Waals surface area contributed by atoms with Crippen LogP contribution in [0, 0.1) is 6.92 Å². The van der Waals surface area contributed by atoms with Crippen LogP contribution >= 0.6 is 11.3 Å². The van der Waals surface area contributed by atoms with Gasteiger partial charge in [0.25, 0.3) is 0 Å². The van der Waals surface area contributed by atoms with Crippen LogP contribution in [0.2, 0.25) is 0 Å². The topological polar surface area (TPSA) is 33.1 Å². The average molecular weight is 259 g/mol. The van der Waals surface area contributed by atoms with Gasteiger partial charge in [0.05, 0.1) is 21.7 Å². The summed E-state index contributed by atoms with van der Waals surface area (Å²) in [7, 11) is 0. The van der Waals surface area contributed by atoms with E-state index in [0.717, 1.165) is 41.3 Å². The lowest BCUT2D eigenvalue weighted by Crippen LogP contribution is -2.06. The summed E-state index contributed by atoms with van der Waals surface area (Å²) in [6, 6.07) is 8.59. The smallest absolute Gasteiger partial charge is 0.0975 e. The van der Waals surface area contributed by atoms with Crippen LogP contribution in [0.25, 0.3) is 0 Å². The van der Waals surface area contributed by atoms with Crippen LogP contribution in [0.15, 0.2) is 24.3 Å². The van der Waals surface area contributed by atoms with Crippen molar-refractivity contribution < 1.29 is 5.11 Å². The van der Waals surface area contributed by atoms with E-state index in [-0.39, 0.29) is 6.10 Å². The van der Waals surface area contributed by atoms with E-state index in [0.29, 0.717) is 0 Å². The molecule has 1 atom stereocenters. The molecule has 1 aliphatic rings. The number of hydrogen-bond donors (Lipinski definition) is 1. The van der Waals surface area contributed by atoms with Gasteiger partial charge in [0, 0.05) is 6.42 Å². The lowest BCUT2D eigenvalue weighted by molar-refractivity contribution is 0.160. The predicted octanol–water partition coefficient (Wildman–Crippen LogP) is 3.41. The molecule has 18 heavy (non-hydrogen) atoms. The molecule has 0 bridgehead atoms. The lowest BCUT2D eigenvalue weighted by atomic mass is 10.0. The maximum Gasteiger partial charge on any atom is 0.0975 e. The van der Waals surface area contributed by atoms with Gasteiger partial charge < -0.3 is 5.11 Å². The number of aromatic nitrogens is 1. The van der Waals surface area contributed by atoms with Crippen molar-refractivity contribution in [2.75, 3.05) is 0 Å². The molecule has 0 saturated carbocycles. The van der Waals surface area contributed by atoms with Crippen LogP contribution < -0.4 is 0 Å². The molecule has 2 nitrogen and oxygen atoms in total. The maximum atomic E-state index is 9.95. The van der Waals surface area contributed by atoms with E-state index in [4.69, 9.17) is 0 Å². The van der Waals surface area contributed by atoms with Gasteiger partial charge in [0.15, 0.2) is 0 Å². The number of thiazole rings is 1. The SMILES string of the molecule is Cc1ccc(Cc2nc3c(s2)C(O)CCC3)cc1. The van der Waals surface area contributed by atoms with Crippen molar-refractivity contribution in [1.29, 1.82) is 0 Å². The predicted molar refractivity (Wildman–Crippen MR) is 74.0 cm³/mol. The van der Waals surface area contributed by atoms with Gasteiger partial charge in [-0.2, -0.15) is 0 Å². The Balaban J connectivity index is 1.83. The number of rotatable bonds is 2. The summed E-state index contributed by atoms with van der Waals surface area (Å²) in [6.07, 6.45) is 3.57. The molecular formula is C15H17NOS. The van der Waals surface area contributed by atoms with Crippen LogP contribution in [0.1, 0.15) is 45.7 Å². The number of aliphatic hydroxyl groups excluding tert-OH is 1. The van der Waals surface area contributed by atoms with E-state index >= 15 is 0 Å². The molecule has 3 rings (SSSR count). The third kappa shape index (κ3) is 2.33. The van der Waals surface area contributed by atoms with Gasteiger partial charge in [-0.1, -0.05) is 29.8 Å². The molecule has 0 saturated heterocycles. The molecule has 2 aromatic rings. The van der Waals surface area contributed by atoms with Crippen LogP contribution in [0.3, 0.4) is 0 Å². The van der Waals surface area contributed by atoms with Crippen molar-refractivity contribution >= 4 is 11.3 Å². The Bertz CT molecular complexity index is 544. The second kappa shape index (κ2) is 4.82. The van der Waals surface area contributed by atoms with Crippen molar-refractivity contribution in [3.63, 3.8) is 0 Å². The highest BCUT2D eigenvalue weighted by atomic mass is 32.1. The van der Waals surface area contributed by atoms with Gasteiger partial charge in [0.1, 0.15) is 0 Å². The fourth-order valence-corrected chi connectivity index (χ4v) is 3.57. The fraction of sp³-hybridized carbons (Fsp3) is 0.400. The van der Waals surface area contributed by atoms with E-state index in [1.54, 1.807) is 11.3 Å². The third-order valence-corrected chi connectivity index (χ3v) is 4.64. The zero-order chi connectivity index (χ0) is 12.5. The number of nitrogens with zero attached hydrogens (tertiary/aromatic N) is 1. The molecule has 1 aromatic heterocycles. The third-order valence-electron chi connectivity index (χ3n) is 3.44. The summed E-state index contributed by atoms with van der Waals surface area (Å²) in [5.74, 6) is 0. The van der Waals surface area contributed by atoms with Crippen molar-refractivity contribution in [2.24, 2.45) is 0 Å². The Kier molecular flexibility index (Phi) is 3.18. The monoisotopic (exact) mass is 259 g/mol. The molecule has 0 amide bonds.